The van der Waals surface area contributed by atoms with E-state index in [0.717, 1.165) is 19.3 Å². The number of piperidine rings is 1. The Kier molecular flexibility index (Phi) is 6.68. The molecular formula is C22H25ClN4O4S. The zero-order chi connectivity index (χ0) is 22.7. The smallest absolute Gasteiger partial charge is 0.257 e. The van der Waals surface area contributed by atoms with Crippen LogP contribution in [0.15, 0.2) is 47.4 Å². The van der Waals surface area contributed by atoms with Gasteiger partial charge in [0, 0.05) is 31.9 Å². The zero-order valence-corrected chi connectivity index (χ0v) is 19.1. The van der Waals surface area contributed by atoms with Gasteiger partial charge in [-0.25, -0.2) is 8.42 Å². The molecule has 2 aromatic rings. The number of nitrogens with one attached hydrogen (secondary N) is 2. The third-order valence-electron chi connectivity index (χ3n) is 5.65. The molecule has 2 aromatic carbocycles. The van der Waals surface area contributed by atoms with Crippen LogP contribution >= 0.6 is 11.6 Å². The minimum Gasteiger partial charge on any atom is -0.359 e. The van der Waals surface area contributed by atoms with Gasteiger partial charge >= 0.3 is 0 Å². The molecule has 4 rings (SSSR count). The Balaban J connectivity index is 1.55. The molecule has 2 amide bonds. The molecule has 10 heteroatoms. The molecule has 0 atom stereocenters. The Morgan fingerprint density at radius 3 is 2.50 bits per heavy atom. The predicted octanol–water partition coefficient (Wildman–Crippen LogP) is 2.70. The fourth-order valence-electron chi connectivity index (χ4n) is 4.01. The van der Waals surface area contributed by atoms with Gasteiger partial charge in [-0.05, 0) is 43.2 Å². The highest BCUT2D eigenvalue weighted by Gasteiger charge is 2.30. The number of carbonyl (C=O) groups excluding carboxylic acids is 2. The number of carbonyl (C=O) groups is 2. The molecule has 0 saturated carbocycles. The largest absolute Gasteiger partial charge is 0.359 e. The summed E-state index contributed by atoms with van der Waals surface area (Å²) in [7, 11) is -3.76. The molecule has 0 aliphatic carbocycles. The second-order valence-corrected chi connectivity index (χ2v) is 10.2. The summed E-state index contributed by atoms with van der Waals surface area (Å²) >= 11 is 6.42. The number of hydrogen-bond donors (Lipinski definition) is 2. The monoisotopic (exact) mass is 476 g/mol. The summed E-state index contributed by atoms with van der Waals surface area (Å²) in [5.41, 5.74) is 1.23. The van der Waals surface area contributed by atoms with Crippen LogP contribution in [-0.2, 0) is 14.8 Å². The van der Waals surface area contributed by atoms with E-state index in [1.807, 2.05) is 4.90 Å². The molecule has 0 radical (unpaired) electrons. The fraction of sp³-hybridized carbons (Fsp3) is 0.364. The van der Waals surface area contributed by atoms with Crippen LogP contribution in [0, 0.1) is 0 Å². The van der Waals surface area contributed by atoms with E-state index in [1.54, 1.807) is 30.3 Å². The minimum absolute atomic E-state index is 0.00134. The van der Waals surface area contributed by atoms with Crippen molar-refractivity contribution in [3.05, 3.63) is 53.1 Å². The number of sulfonamides is 1. The van der Waals surface area contributed by atoms with Crippen LogP contribution in [0.3, 0.4) is 0 Å². The summed E-state index contributed by atoms with van der Waals surface area (Å²) in [4.78, 5) is 26.5. The van der Waals surface area contributed by atoms with Gasteiger partial charge in [0.2, 0.25) is 15.9 Å². The number of nitrogens with zero attached hydrogens (tertiary/aromatic N) is 2. The number of halogens is 1. The first-order valence-corrected chi connectivity index (χ1v) is 12.4. The summed E-state index contributed by atoms with van der Waals surface area (Å²) < 4.78 is 27.8. The lowest BCUT2D eigenvalue weighted by Gasteiger charge is -2.29. The Bertz CT molecular complexity index is 1130. The van der Waals surface area contributed by atoms with Gasteiger partial charge in [0.25, 0.3) is 5.91 Å². The average Bonchev–Trinajstić information content (AvgIpc) is 2.80. The molecule has 2 aliphatic rings. The number of rotatable bonds is 5. The first-order valence-electron chi connectivity index (χ1n) is 10.6. The zero-order valence-electron chi connectivity index (χ0n) is 17.5. The SMILES string of the molecule is O=C1CN(c2ccc(NC(=O)c3ccccc3S(=O)(=O)N3CCCCC3)cc2Cl)CCN1. The summed E-state index contributed by atoms with van der Waals surface area (Å²) in [6.07, 6.45) is 2.64. The second-order valence-electron chi connectivity index (χ2n) is 7.85. The first-order chi connectivity index (χ1) is 15.4. The van der Waals surface area contributed by atoms with Crippen LogP contribution in [-0.4, -0.2) is 57.3 Å². The van der Waals surface area contributed by atoms with Crippen LogP contribution in [0.1, 0.15) is 29.6 Å². The lowest BCUT2D eigenvalue weighted by molar-refractivity contribution is -0.120. The maximum absolute atomic E-state index is 13.2. The highest BCUT2D eigenvalue weighted by atomic mass is 35.5. The molecule has 0 aromatic heterocycles. The number of hydrogen-bond acceptors (Lipinski definition) is 5. The topological polar surface area (TPSA) is 98.8 Å². The van der Waals surface area contributed by atoms with E-state index in [1.165, 1.54) is 16.4 Å². The Labute approximate surface area is 192 Å². The highest BCUT2D eigenvalue weighted by Crippen LogP contribution is 2.30. The van der Waals surface area contributed by atoms with Gasteiger partial charge < -0.3 is 15.5 Å². The van der Waals surface area contributed by atoms with E-state index in [9.17, 15) is 18.0 Å². The van der Waals surface area contributed by atoms with Crippen LogP contribution in [0.25, 0.3) is 0 Å². The molecule has 0 unspecified atom stereocenters. The maximum Gasteiger partial charge on any atom is 0.257 e. The molecule has 2 N–H and O–H groups in total. The number of piperazine rings is 1. The Morgan fingerprint density at radius 1 is 1.03 bits per heavy atom. The normalized spacial score (nSPS) is 17.7. The summed E-state index contributed by atoms with van der Waals surface area (Å²) in [5.74, 6) is -0.599. The van der Waals surface area contributed by atoms with Crippen LogP contribution in [0.5, 0.6) is 0 Å². The van der Waals surface area contributed by atoms with Crippen LogP contribution in [0.2, 0.25) is 5.02 Å². The summed E-state index contributed by atoms with van der Waals surface area (Å²) in [5, 5.41) is 5.91. The Hall–Kier alpha value is -2.62. The molecule has 0 bridgehead atoms. The third kappa shape index (κ3) is 4.74. The van der Waals surface area contributed by atoms with Crippen molar-refractivity contribution >= 4 is 44.8 Å². The van der Waals surface area contributed by atoms with E-state index >= 15 is 0 Å². The van der Waals surface area contributed by atoms with Crippen molar-refractivity contribution in [3.63, 3.8) is 0 Å². The van der Waals surface area contributed by atoms with E-state index in [4.69, 9.17) is 11.6 Å². The van der Waals surface area contributed by atoms with Gasteiger partial charge in [-0.3, -0.25) is 9.59 Å². The van der Waals surface area contributed by atoms with E-state index < -0.39 is 15.9 Å². The van der Waals surface area contributed by atoms with Crippen molar-refractivity contribution in [2.24, 2.45) is 0 Å². The molecule has 170 valence electrons. The third-order valence-corrected chi connectivity index (χ3v) is 7.91. The second kappa shape index (κ2) is 9.48. The number of benzene rings is 2. The molecule has 8 nitrogen and oxygen atoms in total. The number of anilines is 2. The van der Waals surface area contributed by atoms with Gasteiger partial charge in [0.1, 0.15) is 0 Å². The Morgan fingerprint density at radius 2 is 1.78 bits per heavy atom. The van der Waals surface area contributed by atoms with E-state index in [2.05, 4.69) is 10.6 Å². The quantitative estimate of drug-likeness (QED) is 0.691. The van der Waals surface area contributed by atoms with Gasteiger partial charge in [-0.1, -0.05) is 30.2 Å². The highest BCUT2D eigenvalue weighted by molar-refractivity contribution is 7.89. The van der Waals surface area contributed by atoms with Crippen molar-refractivity contribution in [2.75, 3.05) is 42.9 Å². The predicted molar refractivity (Wildman–Crippen MR) is 124 cm³/mol. The summed E-state index contributed by atoms with van der Waals surface area (Å²) in [6, 6.07) is 11.3. The molecule has 0 spiro atoms. The van der Waals surface area contributed by atoms with Crippen molar-refractivity contribution in [2.45, 2.75) is 24.2 Å². The fourth-order valence-corrected chi connectivity index (χ4v) is 6.01. The molecule has 2 saturated heterocycles. The molecular weight excluding hydrogens is 452 g/mol. The van der Waals surface area contributed by atoms with Gasteiger partial charge in [-0.2, -0.15) is 4.31 Å². The van der Waals surface area contributed by atoms with Crippen molar-refractivity contribution in [3.8, 4) is 0 Å². The van der Waals surface area contributed by atoms with Gasteiger partial charge in [0.15, 0.2) is 0 Å². The van der Waals surface area contributed by atoms with Gasteiger partial charge in [0.05, 0.1) is 27.7 Å². The first kappa shape index (κ1) is 22.6. The molecule has 2 aliphatic heterocycles. The molecule has 2 fully saturated rings. The number of amides is 2. The van der Waals surface area contributed by atoms with Crippen molar-refractivity contribution in [1.82, 2.24) is 9.62 Å². The van der Waals surface area contributed by atoms with Crippen molar-refractivity contribution < 1.29 is 18.0 Å². The molecule has 32 heavy (non-hydrogen) atoms. The lowest BCUT2D eigenvalue weighted by Crippen LogP contribution is -2.47. The maximum atomic E-state index is 13.2. The van der Waals surface area contributed by atoms with E-state index in [-0.39, 0.29) is 22.9 Å². The molecule has 2 heterocycles. The van der Waals surface area contributed by atoms with E-state index in [0.29, 0.717) is 42.6 Å². The standard InChI is InChI=1S/C22H25ClN4O4S/c23-18-14-16(8-9-19(18)26-13-10-24-21(28)15-26)25-22(29)17-6-2-3-7-20(17)32(30,31)27-11-4-1-5-12-27/h2-3,6-9,14H,1,4-5,10-13,15H2,(H,24,28)(H,25,29). The van der Waals surface area contributed by atoms with Gasteiger partial charge in [-0.15, -0.1) is 0 Å². The minimum atomic E-state index is -3.76. The summed E-state index contributed by atoms with van der Waals surface area (Å²) in [6.45, 7) is 2.32. The van der Waals surface area contributed by atoms with Crippen LogP contribution in [0.4, 0.5) is 11.4 Å². The average molecular weight is 477 g/mol. The lowest BCUT2D eigenvalue weighted by atomic mass is 10.2. The van der Waals surface area contributed by atoms with Crippen molar-refractivity contribution in [1.29, 1.82) is 0 Å². The van der Waals surface area contributed by atoms with Crippen LogP contribution < -0.4 is 15.5 Å².